The number of carbonyl (C=O) groups excluding carboxylic acids is 4. The fourth-order valence-corrected chi connectivity index (χ4v) is 4.41. The first kappa shape index (κ1) is 25.0. The van der Waals surface area contributed by atoms with Crippen LogP contribution in [-0.4, -0.2) is 51.6 Å². The molecular weight excluding hydrogens is 442 g/mol. The van der Waals surface area contributed by atoms with Gasteiger partial charge in [-0.15, -0.1) is 0 Å². The third-order valence-corrected chi connectivity index (χ3v) is 6.33. The van der Waals surface area contributed by atoms with Gasteiger partial charge in [0.1, 0.15) is 6.04 Å². The monoisotopic (exact) mass is 473 g/mol. The molecule has 3 rings (SSSR count). The Morgan fingerprint density at radius 1 is 1.09 bits per heavy atom. The van der Waals surface area contributed by atoms with Crippen LogP contribution in [0, 0.1) is 11.8 Å². The number of nitrogens with one attached hydrogen (secondary N) is 1. The molecule has 1 saturated heterocycles. The Labute approximate surface area is 200 Å². The molecule has 3 atom stereocenters. The Balaban J connectivity index is 1.72. The second kappa shape index (κ2) is 10.1. The van der Waals surface area contributed by atoms with Crippen molar-refractivity contribution in [1.82, 2.24) is 15.1 Å². The number of allylic oxidation sites excluding steroid dienone is 2. The molecule has 0 aromatic heterocycles. The van der Waals surface area contributed by atoms with Crippen LogP contribution >= 0.6 is 11.6 Å². The Morgan fingerprint density at radius 3 is 2.15 bits per heavy atom. The van der Waals surface area contributed by atoms with Gasteiger partial charge < -0.3 is 10.2 Å². The van der Waals surface area contributed by atoms with E-state index in [1.165, 1.54) is 9.80 Å². The van der Waals surface area contributed by atoms with Gasteiger partial charge in [-0.05, 0) is 58.2 Å². The summed E-state index contributed by atoms with van der Waals surface area (Å²) in [6.07, 6.45) is 4.96. The van der Waals surface area contributed by atoms with Gasteiger partial charge in [0.25, 0.3) is 0 Å². The standard InChI is InChI=1S/C25H32ClN3O4/c1-16(22(31)27-25(2,3)4)29(15-17-9-11-18(26)12-10-17)21(30)13-14-28-23(32)19-7-5-6-8-20(19)24(28)33/h5-6,9-12,16,19-20H,7-8,13-15H2,1-4H3,(H,27,31)/t16-,19-,20+/m0/s1. The van der Waals surface area contributed by atoms with E-state index in [2.05, 4.69) is 5.32 Å². The minimum atomic E-state index is -0.732. The lowest BCUT2D eigenvalue weighted by Crippen LogP contribution is -2.52. The summed E-state index contributed by atoms with van der Waals surface area (Å²) in [5.41, 5.74) is 0.382. The number of fused-ring (bicyclic) bond motifs is 1. The molecule has 1 aliphatic heterocycles. The summed E-state index contributed by atoms with van der Waals surface area (Å²) in [4.78, 5) is 54.3. The van der Waals surface area contributed by atoms with E-state index in [-0.39, 0.29) is 55.0 Å². The van der Waals surface area contributed by atoms with Crippen molar-refractivity contribution in [2.45, 2.75) is 65.1 Å². The van der Waals surface area contributed by atoms with Crippen molar-refractivity contribution >= 4 is 35.2 Å². The first-order chi connectivity index (χ1) is 15.5. The lowest BCUT2D eigenvalue weighted by molar-refractivity contribution is -0.144. The second-order valence-corrected chi connectivity index (χ2v) is 10.2. The van der Waals surface area contributed by atoms with E-state index >= 15 is 0 Å². The number of amides is 4. The van der Waals surface area contributed by atoms with E-state index in [1.54, 1.807) is 19.1 Å². The number of hydrogen-bond acceptors (Lipinski definition) is 4. The summed E-state index contributed by atoms with van der Waals surface area (Å²) < 4.78 is 0. The van der Waals surface area contributed by atoms with E-state index in [9.17, 15) is 19.2 Å². The Hall–Kier alpha value is -2.67. The zero-order valence-corrected chi connectivity index (χ0v) is 20.4. The Kier molecular flexibility index (Phi) is 7.62. The first-order valence-corrected chi connectivity index (χ1v) is 11.7. The number of hydrogen-bond donors (Lipinski definition) is 1. The summed E-state index contributed by atoms with van der Waals surface area (Å²) in [6, 6.07) is 6.35. The molecule has 1 heterocycles. The van der Waals surface area contributed by atoms with Gasteiger partial charge in [0.05, 0.1) is 11.8 Å². The van der Waals surface area contributed by atoms with Gasteiger partial charge in [0.15, 0.2) is 0 Å². The van der Waals surface area contributed by atoms with Crippen LogP contribution in [0.4, 0.5) is 0 Å². The Bertz CT molecular complexity index is 925. The van der Waals surface area contributed by atoms with E-state index in [1.807, 2.05) is 45.1 Å². The van der Waals surface area contributed by atoms with Gasteiger partial charge in [-0.1, -0.05) is 35.9 Å². The molecule has 1 aromatic rings. The third kappa shape index (κ3) is 6.02. The minimum absolute atomic E-state index is 0.0221. The van der Waals surface area contributed by atoms with Crippen LogP contribution in [-0.2, 0) is 25.7 Å². The highest BCUT2D eigenvalue weighted by Crippen LogP contribution is 2.35. The maximum absolute atomic E-state index is 13.3. The van der Waals surface area contributed by atoms with Crippen LogP contribution in [0.2, 0.25) is 5.02 Å². The quantitative estimate of drug-likeness (QED) is 0.486. The summed E-state index contributed by atoms with van der Waals surface area (Å²) in [5.74, 6) is -1.61. The van der Waals surface area contributed by atoms with Crippen molar-refractivity contribution in [2.75, 3.05) is 6.54 Å². The summed E-state index contributed by atoms with van der Waals surface area (Å²) in [5, 5.41) is 3.50. The van der Waals surface area contributed by atoms with E-state index in [0.717, 1.165) is 5.56 Å². The van der Waals surface area contributed by atoms with Crippen molar-refractivity contribution in [3.63, 3.8) is 0 Å². The molecule has 1 aliphatic carbocycles. The molecular formula is C25H32ClN3O4. The van der Waals surface area contributed by atoms with Crippen molar-refractivity contribution in [3.05, 3.63) is 47.0 Å². The third-order valence-electron chi connectivity index (χ3n) is 6.08. The number of imide groups is 1. The number of carbonyl (C=O) groups is 4. The highest BCUT2D eigenvalue weighted by molar-refractivity contribution is 6.30. The van der Waals surface area contributed by atoms with Crippen LogP contribution in [0.15, 0.2) is 36.4 Å². The van der Waals surface area contributed by atoms with Crippen molar-refractivity contribution in [2.24, 2.45) is 11.8 Å². The number of rotatable bonds is 7. The second-order valence-electron chi connectivity index (χ2n) is 9.80. The minimum Gasteiger partial charge on any atom is -0.350 e. The van der Waals surface area contributed by atoms with Crippen LogP contribution < -0.4 is 5.32 Å². The normalized spacial score (nSPS) is 21.1. The van der Waals surface area contributed by atoms with Crippen LogP contribution in [0.3, 0.4) is 0 Å². The highest BCUT2D eigenvalue weighted by atomic mass is 35.5. The molecule has 0 radical (unpaired) electrons. The molecule has 0 saturated carbocycles. The van der Waals surface area contributed by atoms with Gasteiger partial charge in [-0.25, -0.2) is 0 Å². The zero-order valence-electron chi connectivity index (χ0n) is 19.6. The fourth-order valence-electron chi connectivity index (χ4n) is 4.28. The molecule has 2 aliphatic rings. The molecule has 1 aromatic carbocycles. The number of likely N-dealkylation sites (tertiary alicyclic amines) is 1. The predicted molar refractivity (Wildman–Crippen MR) is 126 cm³/mol. The lowest BCUT2D eigenvalue weighted by atomic mass is 9.85. The number of nitrogens with zero attached hydrogens (tertiary/aromatic N) is 2. The largest absolute Gasteiger partial charge is 0.350 e. The summed E-state index contributed by atoms with van der Waals surface area (Å²) >= 11 is 5.98. The van der Waals surface area contributed by atoms with Gasteiger partial charge in [0, 0.05) is 30.1 Å². The molecule has 0 bridgehead atoms. The molecule has 0 unspecified atom stereocenters. The average Bonchev–Trinajstić information content (AvgIpc) is 3.00. The van der Waals surface area contributed by atoms with E-state index in [4.69, 9.17) is 11.6 Å². The SMILES string of the molecule is C[C@@H](C(=O)NC(C)(C)C)N(Cc1ccc(Cl)cc1)C(=O)CCN1C(=O)[C@H]2CC=CC[C@H]2C1=O. The van der Waals surface area contributed by atoms with Crippen molar-refractivity contribution in [3.8, 4) is 0 Å². The topological polar surface area (TPSA) is 86.8 Å². The molecule has 8 heteroatoms. The van der Waals surface area contributed by atoms with Gasteiger partial charge in [-0.3, -0.25) is 24.1 Å². The zero-order chi connectivity index (χ0) is 24.3. The molecule has 1 N–H and O–H groups in total. The Morgan fingerprint density at radius 2 is 1.64 bits per heavy atom. The van der Waals surface area contributed by atoms with Gasteiger partial charge in [0.2, 0.25) is 23.6 Å². The van der Waals surface area contributed by atoms with E-state index in [0.29, 0.717) is 17.9 Å². The van der Waals surface area contributed by atoms with Crippen molar-refractivity contribution in [1.29, 1.82) is 0 Å². The molecule has 0 spiro atoms. The maximum atomic E-state index is 13.3. The number of halogens is 1. The molecule has 178 valence electrons. The van der Waals surface area contributed by atoms with Gasteiger partial charge in [-0.2, -0.15) is 0 Å². The van der Waals surface area contributed by atoms with E-state index < -0.39 is 11.6 Å². The lowest BCUT2D eigenvalue weighted by Gasteiger charge is -2.32. The van der Waals surface area contributed by atoms with Crippen LogP contribution in [0.1, 0.15) is 52.5 Å². The molecule has 7 nitrogen and oxygen atoms in total. The van der Waals surface area contributed by atoms with Gasteiger partial charge >= 0.3 is 0 Å². The summed E-state index contributed by atoms with van der Waals surface area (Å²) in [7, 11) is 0. The molecule has 1 fully saturated rings. The van der Waals surface area contributed by atoms with Crippen LogP contribution in [0.5, 0.6) is 0 Å². The van der Waals surface area contributed by atoms with Crippen molar-refractivity contribution < 1.29 is 19.2 Å². The van der Waals surface area contributed by atoms with Crippen LogP contribution in [0.25, 0.3) is 0 Å². The summed E-state index contributed by atoms with van der Waals surface area (Å²) in [6.45, 7) is 7.55. The highest BCUT2D eigenvalue weighted by Gasteiger charge is 2.47. The number of benzene rings is 1. The molecule has 4 amide bonds. The first-order valence-electron chi connectivity index (χ1n) is 11.3. The molecule has 33 heavy (non-hydrogen) atoms. The smallest absolute Gasteiger partial charge is 0.242 e. The maximum Gasteiger partial charge on any atom is 0.242 e. The predicted octanol–water partition coefficient (Wildman–Crippen LogP) is 3.31. The fraction of sp³-hybridized carbons (Fsp3) is 0.520. The average molecular weight is 474 g/mol.